The first-order valence-corrected chi connectivity index (χ1v) is 7.22. The van der Waals surface area contributed by atoms with E-state index >= 15 is 0 Å². The number of ether oxygens (including phenoxy) is 1. The lowest BCUT2D eigenvalue weighted by Gasteiger charge is -2.26. The van der Waals surface area contributed by atoms with Gasteiger partial charge in [0.15, 0.2) is 0 Å². The van der Waals surface area contributed by atoms with E-state index in [1.807, 2.05) is 0 Å². The maximum atomic E-state index is 11.7. The van der Waals surface area contributed by atoms with Gasteiger partial charge in [-0.25, -0.2) is 0 Å². The number of carbonyl (C=O) groups is 1. The zero-order chi connectivity index (χ0) is 12.1. The van der Waals surface area contributed by atoms with Gasteiger partial charge in [0.1, 0.15) is 0 Å². The Labute approximate surface area is 108 Å². The molecule has 17 heavy (non-hydrogen) atoms. The Bertz CT molecular complexity index is 246. The Morgan fingerprint density at radius 2 is 2.00 bits per heavy atom. The van der Waals surface area contributed by atoms with Gasteiger partial charge in [-0.15, -0.1) is 11.6 Å². The van der Waals surface area contributed by atoms with Crippen molar-refractivity contribution in [3.8, 4) is 0 Å². The summed E-state index contributed by atoms with van der Waals surface area (Å²) in [6.07, 6.45) is 8.16. The molecule has 0 bridgehead atoms. The lowest BCUT2D eigenvalue weighted by molar-refractivity contribution is -0.122. The van der Waals surface area contributed by atoms with Crippen LogP contribution in [0.2, 0.25) is 0 Å². The van der Waals surface area contributed by atoms with Crippen molar-refractivity contribution >= 4 is 17.5 Å². The van der Waals surface area contributed by atoms with Gasteiger partial charge in [0, 0.05) is 24.4 Å². The minimum Gasteiger partial charge on any atom is -0.378 e. The van der Waals surface area contributed by atoms with Crippen molar-refractivity contribution in [2.45, 2.75) is 68.9 Å². The number of amides is 1. The van der Waals surface area contributed by atoms with E-state index in [1.54, 1.807) is 0 Å². The summed E-state index contributed by atoms with van der Waals surface area (Å²) < 4.78 is 5.51. The summed E-state index contributed by atoms with van der Waals surface area (Å²) in [5.41, 5.74) is 0. The topological polar surface area (TPSA) is 38.3 Å². The lowest BCUT2D eigenvalue weighted by atomic mass is 9.95. The first kappa shape index (κ1) is 13.2. The molecule has 3 nitrogen and oxygen atoms in total. The minimum atomic E-state index is 0.179. The van der Waals surface area contributed by atoms with Crippen LogP contribution in [0.3, 0.4) is 0 Å². The fourth-order valence-electron chi connectivity index (χ4n) is 2.66. The molecule has 1 aliphatic carbocycles. The molecule has 0 aromatic carbocycles. The van der Waals surface area contributed by atoms with Crippen molar-refractivity contribution in [3.63, 3.8) is 0 Å². The molecule has 1 unspecified atom stereocenters. The van der Waals surface area contributed by atoms with Crippen molar-refractivity contribution < 1.29 is 9.53 Å². The zero-order valence-electron chi connectivity index (χ0n) is 10.3. The number of alkyl halides is 1. The molecule has 0 radical (unpaired) electrons. The van der Waals surface area contributed by atoms with Crippen molar-refractivity contribution in [1.82, 2.24) is 5.32 Å². The molecule has 2 aliphatic rings. The Balaban J connectivity index is 1.60. The third-order valence-electron chi connectivity index (χ3n) is 3.74. The summed E-state index contributed by atoms with van der Waals surface area (Å²) in [6.45, 7) is 0.867. The first-order chi connectivity index (χ1) is 8.24. The summed E-state index contributed by atoms with van der Waals surface area (Å²) >= 11 is 6.04. The standard InChI is InChI=1S/C13H22ClNO2/c14-10-3-5-11(6-4-10)15-13(16)8-7-12-2-1-9-17-12/h10-12H,1-9H2,(H,15,16). The number of nitrogens with one attached hydrogen (secondary N) is 1. The molecule has 2 rings (SSSR count). The van der Waals surface area contributed by atoms with Crippen molar-refractivity contribution in [3.05, 3.63) is 0 Å². The molecule has 1 heterocycles. The van der Waals surface area contributed by atoms with Crippen LogP contribution in [-0.2, 0) is 9.53 Å². The van der Waals surface area contributed by atoms with Gasteiger partial charge in [-0.05, 0) is 44.9 Å². The third-order valence-corrected chi connectivity index (χ3v) is 4.18. The van der Waals surface area contributed by atoms with Gasteiger partial charge < -0.3 is 10.1 Å². The number of halogens is 1. The number of rotatable bonds is 4. The normalized spacial score (nSPS) is 33.6. The highest BCUT2D eigenvalue weighted by molar-refractivity contribution is 6.20. The van der Waals surface area contributed by atoms with Crippen LogP contribution in [0.25, 0.3) is 0 Å². The van der Waals surface area contributed by atoms with Crippen LogP contribution in [0, 0.1) is 0 Å². The lowest BCUT2D eigenvalue weighted by Crippen LogP contribution is -2.38. The van der Waals surface area contributed by atoms with Gasteiger partial charge in [-0.3, -0.25) is 4.79 Å². The Morgan fingerprint density at radius 1 is 1.24 bits per heavy atom. The second-order valence-corrected chi connectivity index (χ2v) is 5.81. The van der Waals surface area contributed by atoms with Gasteiger partial charge in [0.25, 0.3) is 0 Å². The summed E-state index contributed by atoms with van der Waals surface area (Å²) in [7, 11) is 0. The maximum Gasteiger partial charge on any atom is 0.220 e. The SMILES string of the molecule is O=C(CCC1CCCO1)NC1CCC(Cl)CC1. The second kappa shape index (κ2) is 6.60. The van der Waals surface area contributed by atoms with E-state index in [0.29, 0.717) is 23.9 Å². The van der Waals surface area contributed by atoms with Crippen LogP contribution in [0.5, 0.6) is 0 Å². The van der Waals surface area contributed by atoms with Crippen molar-refractivity contribution in [1.29, 1.82) is 0 Å². The average molecular weight is 260 g/mol. The molecule has 1 atom stereocenters. The van der Waals surface area contributed by atoms with Gasteiger partial charge in [0.2, 0.25) is 5.91 Å². The first-order valence-electron chi connectivity index (χ1n) is 6.79. The number of hydrogen-bond acceptors (Lipinski definition) is 2. The minimum absolute atomic E-state index is 0.179. The molecular weight excluding hydrogens is 238 g/mol. The Morgan fingerprint density at radius 3 is 2.65 bits per heavy atom. The largest absolute Gasteiger partial charge is 0.378 e. The molecule has 4 heteroatoms. The van der Waals surface area contributed by atoms with E-state index in [1.165, 1.54) is 0 Å². The molecule has 1 aliphatic heterocycles. The van der Waals surface area contributed by atoms with Crippen LogP contribution < -0.4 is 5.32 Å². The van der Waals surface area contributed by atoms with Crippen LogP contribution in [0.4, 0.5) is 0 Å². The summed E-state index contributed by atoms with van der Waals surface area (Å²) in [6, 6.07) is 0.349. The van der Waals surface area contributed by atoms with Crippen LogP contribution in [-0.4, -0.2) is 30.0 Å². The quantitative estimate of drug-likeness (QED) is 0.789. The predicted octanol–water partition coefficient (Wildman–Crippen LogP) is 2.61. The monoisotopic (exact) mass is 259 g/mol. The van der Waals surface area contributed by atoms with Crippen LogP contribution >= 0.6 is 11.6 Å². The number of hydrogen-bond donors (Lipinski definition) is 1. The highest BCUT2D eigenvalue weighted by atomic mass is 35.5. The van der Waals surface area contributed by atoms with Gasteiger partial charge in [0.05, 0.1) is 6.10 Å². The molecule has 1 saturated carbocycles. The molecule has 1 amide bonds. The van der Waals surface area contributed by atoms with Crippen LogP contribution in [0.1, 0.15) is 51.4 Å². The Kier molecular flexibility index (Phi) is 5.11. The Hall–Kier alpha value is -0.280. The molecule has 0 aromatic rings. The molecule has 98 valence electrons. The fourth-order valence-corrected chi connectivity index (χ4v) is 2.91. The van der Waals surface area contributed by atoms with Crippen molar-refractivity contribution in [2.75, 3.05) is 6.61 Å². The summed E-state index contributed by atoms with van der Waals surface area (Å²) in [5.74, 6) is 0.179. The maximum absolute atomic E-state index is 11.7. The molecule has 1 N–H and O–H groups in total. The molecule has 1 saturated heterocycles. The summed E-state index contributed by atoms with van der Waals surface area (Å²) in [4.78, 5) is 11.7. The zero-order valence-corrected chi connectivity index (χ0v) is 11.0. The molecule has 2 fully saturated rings. The highest BCUT2D eigenvalue weighted by Gasteiger charge is 2.22. The van der Waals surface area contributed by atoms with E-state index in [-0.39, 0.29) is 5.91 Å². The predicted molar refractivity (Wildman–Crippen MR) is 68.2 cm³/mol. The van der Waals surface area contributed by atoms with Crippen molar-refractivity contribution in [2.24, 2.45) is 0 Å². The second-order valence-electron chi connectivity index (χ2n) is 5.19. The average Bonchev–Trinajstić information content (AvgIpc) is 2.83. The van der Waals surface area contributed by atoms with E-state index in [4.69, 9.17) is 16.3 Å². The summed E-state index contributed by atoms with van der Waals surface area (Å²) in [5, 5.41) is 3.43. The molecule has 0 aromatic heterocycles. The van der Waals surface area contributed by atoms with E-state index in [9.17, 15) is 4.79 Å². The van der Waals surface area contributed by atoms with E-state index < -0.39 is 0 Å². The number of carbonyl (C=O) groups excluding carboxylic acids is 1. The van der Waals surface area contributed by atoms with Crippen LogP contribution in [0.15, 0.2) is 0 Å². The molecule has 0 spiro atoms. The smallest absolute Gasteiger partial charge is 0.220 e. The van der Waals surface area contributed by atoms with Gasteiger partial charge in [-0.1, -0.05) is 0 Å². The third kappa shape index (κ3) is 4.47. The van der Waals surface area contributed by atoms with E-state index in [2.05, 4.69) is 5.32 Å². The fraction of sp³-hybridized carbons (Fsp3) is 0.923. The van der Waals surface area contributed by atoms with E-state index in [0.717, 1.165) is 51.6 Å². The van der Waals surface area contributed by atoms with Gasteiger partial charge in [-0.2, -0.15) is 0 Å². The van der Waals surface area contributed by atoms with Gasteiger partial charge >= 0.3 is 0 Å². The molecular formula is C13H22ClNO2. The highest BCUT2D eigenvalue weighted by Crippen LogP contribution is 2.23.